The van der Waals surface area contributed by atoms with Gasteiger partial charge >= 0.3 is 0 Å². The zero-order valence-electron chi connectivity index (χ0n) is 24.6. The van der Waals surface area contributed by atoms with Gasteiger partial charge in [-0.1, -0.05) is 0 Å². The lowest BCUT2D eigenvalue weighted by Crippen LogP contribution is -2.43. The van der Waals surface area contributed by atoms with Crippen molar-refractivity contribution >= 4 is 37.3 Å². The van der Waals surface area contributed by atoms with Crippen molar-refractivity contribution in [3.05, 3.63) is 28.3 Å². The standard InChI is InChI=1S/C30H42N6O3S2/c1-21-25(19-34-15-9-24(10-16-34)35-11-7-8-12-35)27-28(40-21)26(32-30(33-27)36-13-5-4-6-14-36)22-17-23(20-41(3,37)38)29(39-2)31-18-22/h17-18,24H,4-16,19-20H2,1-3H3. The van der Waals surface area contributed by atoms with E-state index < -0.39 is 9.84 Å². The smallest absolute Gasteiger partial charge is 0.226 e. The molecule has 3 aliphatic heterocycles. The minimum absolute atomic E-state index is 0.133. The molecule has 0 aliphatic carbocycles. The zero-order valence-corrected chi connectivity index (χ0v) is 26.2. The van der Waals surface area contributed by atoms with E-state index in [0.29, 0.717) is 11.4 Å². The maximum absolute atomic E-state index is 12.2. The van der Waals surface area contributed by atoms with Gasteiger partial charge in [-0.05, 0) is 84.1 Å². The fourth-order valence-corrected chi connectivity index (χ4v) is 8.60. The third-order valence-electron chi connectivity index (χ3n) is 8.86. The Morgan fingerprint density at radius 2 is 1.71 bits per heavy atom. The Morgan fingerprint density at radius 3 is 2.39 bits per heavy atom. The van der Waals surface area contributed by atoms with Crippen LogP contribution in [0.25, 0.3) is 21.5 Å². The number of aryl methyl sites for hydroxylation is 1. The predicted octanol–water partition coefficient (Wildman–Crippen LogP) is 4.67. The molecule has 0 spiro atoms. The summed E-state index contributed by atoms with van der Waals surface area (Å²) in [5.41, 5.74) is 4.50. The van der Waals surface area contributed by atoms with Crippen LogP contribution in [0.4, 0.5) is 5.95 Å². The van der Waals surface area contributed by atoms with E-state index in [4.69, 9.17) is 14.7 Å². The number of hydrogen-bond acceptors (Lipinski definition) is 10. The number of piperidine rings is 2. The minimum Gasteiger partial charge on any atom is -0.481 e. The molecule has 0 amide bonds. The number of aromatic nitrogens is 3. The van der Waals surface area contributed by atoms with Gasteiger partial charge in [0.2, 0.25) is 11.8 Å². The number of methoxy groups -OCH3 is 1. The van der Waals surface area contributed by atoms with Gasteiger partial charge in [0, 0.05) is 59.7 Å². The summed E-state index contributed by atoms with van der Waals surface area (Å²) in [6.07, 6.45) is 11.7. The number of ether oxygens (including phenoxy) is 1. The van der Waals surface area contributed by atoms with Crippen molar-refractivity contribution in [1.29, 1.82) is 0 Å². The first-order chi connectivity index (χ1) is 19.8. The molecule has 11 heteroatoms. The van der Waals surface area contributed by atoms with E-state index in [2.05, 4.69) is 26.6 Å². The third-order valence-corrected chi connectivity index (χ3v) is 10.8. The number of pyridine rings is 1. The molecule has 3 aromatic rings. The monoisotopic (exact) mass is 598 g/mol. The van der Waals surface area contributed by atoms with Crippen LogP contribution in [0, 0.1) is 6.92 Å². The fourth-order valence-electron chi connectivity index (χ4n) is 6.71. The second-order valence-corrected chi connectivity index (χ2v) is 15.3. The van der Waals surface area contributed by atoms with Crippen molar-refractivity contribution in [3.63, 3.8) is 0 Å². The topological polar surface area (TPSA) is 91.8 Å². The summed E-state index contributed by atoms with van der Waals surface area (Å²) in [6.45, 7) is 9.77. The van der Waals surface area contributed by atoms with Crippen LogP contribution in [-0.4, -0.2) is 91.8 Å². The van der Waals surface area contributed by atoms with Gasteiger partial charge in [-0.3, -0.25) is 4.90 Å². The van der Waals surface area contributed by atoms with Gasteiger partial charge in [0.05, 0.1) is 28.8 Å². The van der Waals surface area contributed by atoms with Crippen molar-refractivity contribution < 1.29 is 13.2 Å². The van der Waals surface area contributed by atoms with Crippen molar-refractivity contribution in [2.24, 2.45) is 0 Å². The number of likely N-dealkylation sites (tertiary alicyclic amines) is 2. The van der Waals surface area contributed by atoms with Crippen LogP contribution in [0.1, 0.15) is 60.9 Å². The van der Waals surface area contributed by atoms with Gasteiger partial charge < -0.3 is 14.5 Å². The SMILES string of the molecule is COc1ncc(-c2nc(N3CCCCC3)nc3c(CN4CCC(N5CCCC5)CC4)c(C)sc23)cc1CS(C)(=O)=O. The molecule has 0 N–H and O–H groups in total. The number of sulfone groups is 1. The van der Waals surface area contributed by atoms with E-state index >= 15 is 0 Å². The highest BCUT2D eigenvalue weighted by molar-refractivity contribution is 7.89. The molecule has 6 rings (SSSR count). The number of rotatable bonds is 8. The summed E-state index contributed by atoms with van der Waals surface area (Å²) >= 11 is 1.74. The molecule has 3 aromatic heterocycles. The first-order valence-electron chi connectivity index (χ1n) is 15.0. The fraction of sp³-hybridized carbons (Fsp3) is 0.633. The number of fused-ring (bicyclic) bond motifs is 1. The highest BCUT2D eigenvalue weighted by atomic mass is 32.2. The Hall–Kier alpha value is -2.34. The highest BCUT2D eigenvalue weighted by Crippen LogP contribution is 2.39. The third kappa shape index (κ3) is 6.38. The lowest BCUT2D eigenvalue weighted by Gasteiger charge is -2.36. The van der Waals surface area contributed by atoms with E-state index in [1.54, 1.807) is 17.5 Å². The second-order valence-electron chi connectivity index (χ2n) is 11.9. The van der Waals surface area contributed by atoms with E-state index in [1.165, 1.54) is 69.0 Å². The molecule has 222 valence electrons. The summed E-state index contributed by atoms with van der Waals surface area (Å²) in [4.78, 5) is 23.7. The van der Waals surface area contributed by atoms with E-state index in [-0.39, 0.29) is 5.75 Å². The number of anilines is 1. The maximum Gasteiger partial charge on any atom is 0.226 e. The minimum atomic E-state index is -3.27. The maximum atomic E-state index is 12.2. The molecule has 0 atom stereocenters. The van der Waals surface area contributed by atoms with E-state index in [1.807, 2.05) is 6.07 Å². The van der Waals surface area contributed by atoms with Crippen LogP contribution in [0.3, 0.4) is 0 Å². The summed E-state index contributed by atoms with van der Waals surface area (Å²) in [5.74, 6) is 0.965. The van der Waals surface area contributed by atoms with Gasteiger partial charge in [-0.25, -0.2) is 23.4 Å². The summed E-state index contributed by atoms with van der Waals surface area (Å²) < 4.78 is 30.9. The molecule has 3 aliphatic rings. The molecule has 0 bridgehead atoms. The van der Waals surface area contributed by atoms with Crippen LogP contribution in [0.5, 0.6) is 5.88 Å². The first-order valence-corrected chi connectivity index (χ1v) is 17.9. The number of hydrogen-bond donors (Lipinski definition) is 0. The Morgan fingerprint density at radius 1 is 1.00 bits per heavy atom. The lowest BCUT2D eigenvalue weighted by molar-refractivity contribution is 0.123. The molecule has 0 radical (unpaired) electrons. The zero-order chi connectivity index (χ0) is 28.6. The molecule has 3 fully saturated rings. The highest BCUT2D eigenvalue weighted by Gasteiger charge is 2.28. The van der Waals surface area contributed by atoms with Crippen LogP contribution in [-0.2, 0) is 22.1 Å². The number of thiophene rings is 1. The summed E-state index contributed by atoms with van der Waals surface area (Å²) in [5, 5.41) is 0. The predicted molar refractivity (Wildman–Crippen MR) is 166 cm³/mol. The lowest BCUT2D eigenvalue weighted by atomic mass is 10.0. The molecule has 0 unspecified atom stereocenters. The van der Waals surface area contributed by atoms with Gasteiger partial charge in [0.25, 0.3) is 0 Å². The first kappa shape index (κ1) is 28.8. The Bertz CT molecular complexity index is 1490. The molecule has 9 nitrogen and oxygen atoms in total. The van der Waals surface area contributed by atoms with Crippen LogP contribution in [0.15, 0.2) is 12.3 Å². The largest absolute Gasteiger partial charge is 0.481 e. The Labute approximate surface area is 247 Å². The molecular weight excluding hydrogens is 557 g/mol. The molecule has 6 heterocycles. The van der Waals surface area contributed by atoms with Crippen molar-refractivity contribution in [3.8, 4) is 17.1 Å². The molecule has 41 heavy (non-hydrogen) atoms. The Balaban J connectivity index is 1.37. The molecule has 0 saturated carbocycles. The quantitative estimate of drug-likeness (QED) is 0.367. The second kappa shape index (κ2) is 12.1. The summed E-state index contributed by atoms with van der Waals surface area (Å²) in [7, 11) is -1.75. The van der Waals surface area contributed by atoms with Crippen LogP contribution < -0.4 is 9.64 Å². The average molecular weight is 599 g/mol. The van der Waals surface area contributed by atoms with Crippen LogP contribution in [0.2, 0.25) is 0 Å². The van der Waals surface area contributed by atoms with Crippen molar-refractivity contribution in [2.45, 2.75) is 70.2 Å². The molecule has 0 aromatic carbocycles. The summed E-state index contributed by atoms with van der Waals surface area (Å²) in [6, 6.07) is 2.62. The van der Waals surface area contributed by atoms with Gasteiger partial charge in [-0.15, -0.1) is 11.3 Å². The van der Waals surface area contributed by atoms with Crippen molar-refractivity contribution in [2.75, 3.05) is 57.5 Å². The van der Waals surface area contributed by atoms with Crippen molar-refractivity contribution in [1.82, 2.24) is 24.8 Å². The molecule has 3 saturated heterocycles. The normalized spacial score (nSPS) is 19.8. The molecular formula is C30H42N6O3S2. The average Bonchev–Trinajstić information content (AvgIpc) is 3.61. The van der Waals surface area contributed by atoms with E-state index in [9.17, 15) is 8.42 Å². The number of nitrogens with zero attached hydrogens (tertiary/aromatic N) is 6. The van der Waals surface area contributed by atoms with Crippen LogP contribution >= 0.6 is 11.3 Å². The van der Waals surface area contributed by atoms with Gasteiger partial charge in [0.15, 0.2) is 9.84 Å². The van der Waals surface area contributed by atoms with Gasteiger partial charge in [0.1, 0.15) is 0 Å². The van der Waals surface area contributed by atoms with Gasteiger partial charge in [-0.2, -0.15) is 0 Å². The Kier molecular flexibility index (Phi) is 8.49. The van der Waals surface area contributed by atoms with E-state index in [0.717, 1.165) is 79.0 Å².